The summed E-state index contributed by atoms with van der Waals surface area (Å²) in [6, 6.07) is 13.0. The van der Waals surface area contributed by atoms with Crippen LogP contribution in [0.1, 0.15) is 11.1 Å². The lowest BCUT2D eigenvalue weighted by Gasteiger charge is -2.26. The number of aryl methyl sites for hydroxylation is 2. The normalized spacial score (nSPS) is 14.8. The minimum absolute atomic E-state index is 0.0209. The molecule has 0 atom stereocenters. The van der Waals surface area contributed by atoms with Crippen LogP contribution in [0.2, 0.25) is 0 Å². The molecule has 1 heterocycles. The van der Waals surface area contributed by atoms with Gasteiger partial charge in [0.25, 0.3) is 5.69 Å². The van der Waals surface area contributed by atoms with Crippen molar-refractivity contribution in [2.24, 2.45) is 0 Å². The van der Waals surface area contributed by atoms with E-state index in [2.05, 4.69) is 0 Å². The molecule has 0 bridgehead atoms. The number of hydrogen-bond acceptors (Lipinski definition) is 8. The van der Waals surface area contributed by atoms with Crippen LogP contribution in [-0.2, 0) is 36.7 Å². The molecular formula is C20H26ClN3O7S2. The highest BCUT2D eigenvalue weighted by Crippen LogP contribution is 2.13. The number of nitrogens with two attached hydrogens (primary N) is 1. The second-order valence-electron chi connectivity index (χ2n) is 7.24. The Morgan fingerprint density at radius 2 is 1.39 bits per heavy atom. The first-order chi connectivity index (χ1) is 15.5. The lowest BCUT2D eigenvalue weighted by Crippen LogP contribution is -2.42. The Morgan fingerprint density at radius 1 is 0.909 bits per heavy atom. The largest absolute Gasteiger partial charge is 0.399 e. The first-order valence-corrected chi connectivity index (χ1v) is 14.1. The van der Waals surface area contributed by atoms with Crippen molar-refractivity contribution < 1.29 is 26.5 Å². The van der Waals surface area contributed by atoms with E-state index in [-0.39, 0.29) is 23.6 Å². The van der Waals surface area contributed by atoms with Gasteiger partial charge in [0.05, 0.1) is 29.6 Å². The molecular weight excluding hydrogens is 494 g/mol. The third kappa shape index (κ3) is 10.0. The minimum atomic E-state index is -3.51. The van der Waals surface area contributed by atoms with Gasteiger partial charge in [0.15, 0.2) is 0 Å². The Morgan fingerprint density at radius 3 is 1.88 bits per heavy atom. The lowest BCUT2D eigenvalue weighted by molar-refractivity contribution is -0.384. The van der Waals surface area contributed by atoms with Gasteiger partial charge in [-0.2, -0.15) is 4.31 Å². The Bertz CT molecular complexity index is 1120. The number of sulfonamides is 1. The monoisotopic (exact) mass is 519 g/mol. The van der Waals surface area contributed by atoms with Crippen LogP contribution in [0.5, 0.6) is 0 Å². The number of morpholine rings is 1. The number of nitrogens with zero attached hydrogens (tertiary/aromatic N) is 2. The van der Waals surface area contributed by atoms with Crippen LogP contribution >= 0.6 is 10.7 Å². The molecule has 0 unspecified atom stereocenters. The van der Waals surface area contributed by atoms with E-state index in [4.69, 9.17) is 21.2 Å². The summed E-state index contributed by atoms with van der Waals surface area (Å²) in [6.45, 7) is 1.90. The summed E-state index contributed by atoms with van der Waals surface area (Å²) in [7, 11) is -1.65. The molecule has 2 aromatic carbocycles. The molecule has 2 aromatic rings. The van der Waals surface area contributed by atoms with E-state index in [0.29, 0.717) is 44.0 Å². The molecule has 0 aliphatic carbocycles. The van der Waals surface area contributed by atoms with Crippen LogP contribution in [0.25, 0.3) is 0 Å². The van der Waals surface area contributed by atoms with Crippen molar-refractivity contribution in [1.29, 1.82) is 0 Å². The maximum Gasteiger partial charge on any atom is 0.269 e. The van der Waals surface area contributed by atoms with Crippen molar-refractivity contribution in [1.82, 2.24) is 4.31 Å². The van der Waals surface area contributed by atoms with Crippen molar-refractivity contribution in [2.75, 3.05) is 43.5 Å². The number of anilines is 1. The number of nitrogen functional groups attached to an aromatic ring is 1. The van der Waals surface area contributed by atoms with Crippen molar-refractivity contribution in [3.05, 3.63) is 69.8 Å². The summed E-state index contributed by atoms with van der Waals surface area (Å²) < 4.78 is 52.1. The Labute approximate surface area is 197 Å². The van der Waals surface area contributed by atoms with Gasteiger partial charge in [0, 0.05) is 41.6 Å². The number of non-ortho nitro benzene ring substituents is 1. The van der Waals surface area contributed by atoms with E-state index in [1.807, 2.05) is 12.1 Å². The average Bonchev–Trinajstić information content (AvgIpc) is 2.78. The molecule has 33 heavy (non-hydrogen) atoms. The Balaban J connectivity index is 0.000000238. The van der Waals surface area contributed by atoms with E-state index in [1.165, 1.54) is 28.6 Å². The number of ether oxygens (including phenoxy) is 1. The van der Waals surface area contributed by atoms with Crippen LogP contribution in [0.3, 0.4) is 0 Å². The fourth-order valence-corrected chi connectivity index (χ4v) is 5.08. The fourth-order valence-electron chi connectivity index (χ4n) is 2.91. The summed E-state index contributed by atoms with van der Waals surface area (Å²) in [5.41, 5.74) is 7.94. The number of benzene rings is 2. The molecule has 182 valence electrons. The predicted octanol–water partition coefficient (Wildman–Crippen LogP) is 2.18. The van der Waals surface area contributed by atoms with Crippen molar-refractivity contribution in [3.63, 3.8) is 0 Å². The molecule has 0 saturated carbocycles. The van der Waals surface area contributed by atoms with Crippen LogP contribution in [0.15, 0.2) is 48.5 Å². The molecule has 0 aromatic heterocycles. The lowest BCUT2D eigenvalue weighted by atomic mass is 10.1. The second kappa shape index (κ2) is 12.3. The molecule has 1 aliphatic rings. The molecule has 13 heteroatoms. The quantitative estimate of drug-likeness (QED) is 0.241. The summed E-state index contributed by atoms with van der Waals surface area (Å²) in [6.07, 6.45) is 0.768. The van der Waals surface area contributed by atoms with Gasteiger partial charge in [-0.25, -0.2) is 16.8 Å². The van der Waals surface area contributed by atoms with Crippen molar-refractivity contribution in [2.45, 2.75) is 12.8 Å². The molecule has 0 spiro atoms. The standard InChI is InChI=1S/C12H18N2O3S.C8H8ClNO4S/c13-12-3-1-11(2-4-12)5-10-18(15,16)14-6-8-17-9-7-14;9-15(13,14)6-5-7-1-3-8(4-2-7)10(11)12/h1-4H,5-10,13H2;1-4H,5-6H2. The van der Waals surface area contributed by atoms with Gasteiger partial charge in [-0.3, -0.25) is 10.1 Å². The highest BCUT2D eigenvalue weighted by Gasteiger charge is 2.23. The van der Waals surface area contributed by atoms with Gasteiger partial charge in [0.2, 0.25) is 19.1 Å². The number of halogens is 1. The highest BCUT2D eigenvalue weighted by molar-refractivity contribution is 8.13. The zero-order chi connectivity index (χ0) is 24.5. The summed E-state index contributed by atoms with van der Waals surface area (Å²) in [4.78, 5) is 9.81. The van der Waals surface area contributed by atoms with Crippen LogP contribution in [0.4, 0.5) is 11.4 Å². The summed E-state index contributed by atoms with van der Waals surface area (Å²) in [5.74, 6) is -0.0384. The number of nitro benzene ring substituents is 1. The topological polar surface area (TPSA) is 150 Å². The van der Waals surface area contributed by atoms with Crippen molar-refractivity contribution >= 4 is 41.1 Å². The molecule has 1 aliphatic heterocycles. The molecule has 1 saturated heterocycles. The SMILES string of the molecule is Nc1ccc(CCS(=O)(=O)N2CCOCC2)cc1.O=[N+]([O-])c1ccc(CCS(=O)(=O)Cl)cc1. The van der Waals surface area contributed by atoms with Crippen molar-refractivity contribution in [3.8, 4) is 0 Å². The smallest absolute Gasteiger partial charge is 0.269 e. The summed E-state index contributed by atoms with van der Waals surface area (Å²) >= 11 is 0. The average molecular weight is 520 g/mol. The van der Waals surface area contributed by atoms with E-state index in [1.54, 1.807) is 12.1 Å². The second-order valence-corrected chi connectivity index (χ2v) is 12.2. The zero-order valence-electron chi connectivity index (χ0n) is 17.8. The van der Waals surface area contributed by atoms with Crippen LogP contribution in [-0.4, -0.2) is 63.9 Å². The Hall–Kier alpha value is -2.25. The third-order valence-electron chi connectivity index (χ3n) is 4.77. The number of nitro groups is 1. The number of rotatable bonds is 8. The van der Waals surface area contributed by atoms with Gasteiger partial charge in [-0.05, 0) is 36.1 Å². The van der Waals surface area contributed by atoms with Gasteiger partial charge in [-0.1, -0.05) is 24.3 Å². The van der Waals surface area contributed by atoms with Crippen LogP contribution < -0.4 is 5.73 Å². The Kier molecular flexibility index (Phi) is 10.0. The van der Waals surface area contributed by atoms with E-state index in [0.717, 1.165) is 5.56 Å². The van der Waals surface area contributed by atoms with E-state index < -0.39 is 24.0 Å². The molecule has 1 fully saturated rings. The predicted molar refractivity (Wildman–Crippen MR) is 127 cm³/mol. The fraction of sp³-hybridized carbons (Fsp3) is 0.400. The number of hydrogen-bond donors (Lipinski definition) is 1. The van der Waals surface area contributed by atoms with Gasteiger partial charge in [-0.15, -0.1) is 0 Å². The molecule has 0 radical (unpaired) electrons. The van der Waals surface area contributed by atoms with Gasteiger partial charge >= 0.3 is 0 Å². The molecule has 2 N–H and O–H groups in total. The molecule has 3 rings (SSSR count). The zero-order valence-corrected chi connectivity index (χ0v) is 20.2. The van der Waals surface area contributed by atoms with E-state index in [9.17, 15) is 26.9 Å². The first-order valence-electron chi connectivity index (χ1n) is 10.0. The minimum Gasteiger partial charge on any atom is -0.399 e. The van der Waals surface area contributed by atoms with Gasteiger partial charge in [0.1, 0.15) is 0 Å². The first kappa shape index (κ1) is 27.0. The summed E-state index contributed by atoms with van der Waals surface area (Å²) in [5, 5.41) is 10.3. The van der Waals surface area contributed by atoms with Crippen LogP contribution in [0, 0.1) is 10.1 Å². The maximum atomic E-state index is 12.1. The third-order valence-corrected chi connectivity index (χ3v) is 7.80. The van der Waals surface area contributed by atoms with E-state index >= 15 is 0 Å². The highest BCUT2D eigenvalue weighted by atomic mass is 35.7. The maximum absolute atomic E-state index is 12.1. The molecule has 0 amide bonds. The van der Waals surface area contributed by atoms with Gasteiger partial charge < -0.3 is 10.5 Å². The molecule has 10 nitrogen and oxygen atoms in total.